The molecule has 1 fully saturated rings. The highest BCUT2D eigenvalue weighted by molar-refractivity contribution is 6.46. The van der Waals surface area contributed by atoms with Crippen molar-refractivity contribution in [1.82, 2.24) is 9.88 Å². The molecule has 6 nitrogen and oxygen atoms in total. The van der Waals surface area contributed by atoms with E-state index in [9.17, 15) is 19.1 Å². The summed E-state index contributed by atoms with van der Waals surface area (Å²) in [6.45, 7) is 8.73. The molecule has 2 heterocycles. The van der Waals surface area contributed by atoms with Crippen molar-refractivity contribution in [1.29, 1.82) is 0 Å². The number of benzene rings is 2. The van der Waals surface area contributed by atoms with E-state index in [0.29, 0.717) is 29.9 Å². The number of aromatic nitrogens is 1. The summed E-state index contributed by atoms with van der Waals surface area (Å²) in [6, 6.07) is 14.0. The zero-order chi connectivity index (χ0) is 26.7. The molecular formula is C30H31FN2O4. The second-order valence-corrected chi connectivity index (χ2v) is 10.0. The molecule has 3 aromatic rings. The minimum atomic E-state index is -0.807. The number of aliphatic hydroxyl groups is 1. The highest BCUT2D eigenvalue weighted by Gasteiger charge is 2.46. The Morgan fingerprint density at radius 3 is 2.46 bits per heavy atom. The van der Waals surface area contributed by atoms with E-state index in [0.717, 1.165) is 11.1 Å². The maximum atomic E-state index is 13.3. The summed E-state index contributed by atoms with van der Waals surface area (Å²) in [5.74, 6) is -1.33. The molecule has 1 unspecified atom stereocenters. The second-order valence-electron chi connectivity index (χ2n) is 10.0. The van der Waals surface area contributed by atoms with Crippen LogP contribution in [0.25, 0.3) is 5.76 Å². The van der Waals surface area contributed by atoms with Gasteiger partial charge in [0.15, 0.2) is 0 Å². The number of amides is 1. The maximum absolute atomic E-state index is 13.3. The Hall–Kier alpha value is -4.00. The lowest BCUT2D eigenvalue weighted by Gasteiger charge is -2.26. The standard InChI is InChI=1S/C30H31FN2O4/c1-5-37-24-13-10-20(17-23(24)30(2,3)4)27(34)25-26(21-7-6-15-32-18-21)33(29(36)28(25)35)16-14-19-8-11-22(31)12-9-19/h6-13,15,17-18,26,34H,5,14,16H2,1-4H3/b27-25-. The topological polar surface area (TPSA) is 79.7 Å². The Morgan fingerprint density at radius 1 is 1.11 bits per heavy atom. The molecule has 1 aromatic heterocycles. The van der Waals surface area contributed by atoms with Gasteiger partial charge in [0, 0.05) is 30.1 Å². The fourth-order valence-electron chi connectivity index (χ4n) is 4.60. The number of hydrogen-bond acceptors (Lipinski definition) is 5. The average Bonchev–Trinajstić information content (AvgIpc) is 3.13. The van der Waals surface area contributed by atoms with E-state index >= 15 is 0 Å². The van der Waals surface area contributed by atoms with Crippen molar-refractivity contribution < 1.29 is 23.8 Å². The highest BCUT2D eigenvalue weighted by atomic mass is 19.1. The monoisotopic (exact) mass is 502 g/mol. The first kappa shape index (κ1) is 26.1. The molecule has 0 aliphatic carbocycles. The van der Waals surface area contributed by atoms with Crippen LogP contribution in [0.4, 0.5) is 4.39 Å². The number of ether oxygens (including phenoxy) is 1. The average molecular weight is 503 g/mol. The van der Waals surface area contributed by atoms with E-state index < -0.39 is 17.7 Å². The van der Waals surface area contributed by atoms with E-state index in [4.69, 9.17) is 4.74 Å². The lowest BCUT2D eigenvalue weighted by Crippen LogP contribution is -2.31. The van der Waals surface area contributed by atoms with Crippen LogP contribution in [0.1, 0.15) is 56.0 Å². The number of aliphatic hydroxyl groups excluding tert-OH is 1. The zero-order valence-corrected chi connectivity index (χ0v) is 21.5. The molecule has 37 heavy (non-hydrogen) atoms. The van der Waals surface area contributed by atoms with Crippen molar-refractivity contribution in [2.24, 2.45) is 0 Å². The van der Waals surface area contributed by atoms with Crippen molar-refractivity contribution in [3.05, 3.63) is 101 Å². The van der Waals surface area contributed by atoms with Crippen molar-refractivity contribution in [3.63, 3.8) is 0 Å². The molecule has 7 heteroatoms. The van der Waals surface area contributed by atoms with Crippen LogP contribution in [0, 0.1) is 5.82 Å². The predicted molar refractivity (Wildman–Crippen MR) is 140 cm³/mol. The number of likely N-dealkylation sites (tertiary alicyclic amines) is 1. The number of nitrogens with zero attached hydrogens (tertiary/aromatic N) is 2. The van der Waals surface area contributed by atoms with E-state index in [-0.39, 0.29) is 29.1 Å². The number of carbonyl (C=O) groups is 2. The number of carbonyl (C=O) groups excluding carboxylic acids is 2. The van der Waals surface area contributed by atoms with Crippen LogP contribution in [-0.2, 0) is 21.4 Å². The number of hydrogen-bond donors (Lipinski definition) is 1. The van der Waals surface area contributed by atoms with Crippen LogP contribution in [-0.4, -0.2) is 39.8 Å². The summed E-state index contributed by atoms with van der Waals surface area (Å²) in [7, 11) is 0. The van der Waals surface area contributed by atoms with Crippen molar-refractivity contribution >= 4 is 17.4 Å². The molecule has 0 saturated carbocycles. The lowest BCUT2D eigenvalue weighted by molar-refractivity contribution is -0.139. The van der Waals surface area contributed by atoms with Gasteiger partial charge in [0.1, 0.15) is 17.3 Å². The number of rotatable bonds is 7. The van der Waals surface area contributed by atoms with Crippen LogP contribution < -0.4 is 4.74 Å². The Morgan fingerprint density at radius 2 is 1.84 bits per heavy atom. The van der Waals surface area contributed by atoms with Crippen LogP contribution in [0.5, 0.6) is 5.75 Å². The van der Waals surface area contributed by atoms with Crippen LogP contribution >= 0.6 is 0 Å². The molecule has 192 valence electrons. The molecule has 1 saturated heterocycles. The van der Waals surface area contributed by atoms with Crippen LogP contribution in [0.2, 0.25) is 0 Å². The number of halogens is 1. The van der Waals surface area contributed by atoms with Crippen molar-refractivity contribution in [3.8, 4) is 5.75 Å². The van der Waals surface area contributed by atoms with Crippen molar-refractivity contribution in [2.75, 3.05) is 13.2 Å². The second kappa shape index (κ2) is 10.5. The van der Waals surface area contributed by atoms with Gasteiger partial charge in [0.25, 0.3) is 11.7 Å². The molecule has 1 atom stereocenters. The van der Waals surface area contributed by atoms with E-state index in [2.05, 4.69) is 4.98 Å². The minimum Gasteiger partial charge on any atom is -0.507 e. The third-order valence-corrected chi connectivity index (χ3v) is 6.46. The predicted octanol–water partition coefficient (Wildman–Crippen LogP) is 5.58. The van der Waals surface area contributed by atoms with Gasteiger partial charge in [-0.2, -0.15) is 0 Å². The van der Waals surface area contributed by atoms with Gasteiger partial charge in [-0.15, -0.1) is 0 Å². The van der Waals surface area contributed by atoms with Crippen molar-refractivity contribution in [2.45, 2.75) is 45.6 Å². The van der Waals surface area contributed by atoms with E-state index in [1.807, 2.05) is 33.8 Å². The first-order valence-electron chi connectivity index (χ1n) is 12.3. The molecule has 1 amide bonds. The Kier molecular flexibility index (Phi) is 7.43. The molecule has 0 radical (unpaired) electrons. The smallest absolute Gasteiger partial charge is 0.295 e. The Bertz CT molecular complexity index is 1330. The highest BCUT2D eigenvalue weighted by Crippen LogP contribution is 2.41. The Labute approximate surface area is 216 Å². The quantitative estimate of drug-likeness (QED) is 0.259. The third-order valence-electron chi connectivity index (χ3n) is 6.46. The van der Waals surface area contributed by atoms with Crippen LogP contribution in [0.3, 0.4) is 0 Å². The molecule has 1 aliphatic rings. The zero-order valence-electron chi connectivity index (χ0n) is 21.5. The summed E-state index contributed by atoms with van der Waals surface area (Å²) >= 11 is 0. The van der Waals surface area contributed by atoms with E-state index in [1.165, 1.54) is 17.0 Å². The molecule has 2 aromatic carbocycles. The van der Waals surface area contributed by atoms with Gasteiger partial charge in [-0.25, -0.2) is 4.39 Å². The fraction of sp³-hybridized carbons (Fsp3) is 0.300. The van der Waals surface area contributed by atoms with Gasteiger partial charge < -0.3 is 14.7 Å². The first-order chi connectivity index (χ1) is 17.6. The van der Waals surface area contributed by atoms with Gasteiger partial charge in [-0.1, -0.05) is 39.0 Å². The number of pyridine rings is 1. The van der Waals surface area contributed by atoms with E-state index in [1.54, 1.807) is 48.8 Å². The number of ketones is 1. The van der Waals surface area contributed by atoms with Crippen LogP contribution in [0.15, 0.2) is 72.6 Å². The molecule has 0 spiro atoms. The largest absolute Gasteiger partial charge is 0.507 e. The summed E-state index contributed by atoms with van der Waals surface area (Å²) in [5.41, 5.74) is 2.48. The Balaban J connectivity index is 1.79. The molecule has 4 rings (SSSR count). The number of Topliss-reactive ketones (excluding diaryl/α,β-unsaturated/α-hetero) is 1. The molecular weight excluding hydrogens is 471 g/mol. The van der Waals surface area contributed by atoms with Gasteiger partial charge in [-0.05, 0) is 66.3 Å². The lowest BCUT2D eigenvalue weighted by atomic mass is 9.84. The van der Waals surface area contributed by atoms with Gasteiger partial charge in [-0.3, -0.25) is 14.6 Å². The first-order valence-corrected chi connectivity index (χ1v) is 12.3. The maximum Gasteiger partial charge on any atom is 0.295 e. The minimum absolute atomic E-state index is 0.0149. The summed E-state index contributed by atoms with van der Waals surface area (Å²) in [5, 5.41) is 11.5. The SMILES string of the molecule is CCOc1ccc(/C(O)=C2/C(=O)C(=O)N(CCc3ccc(F)cc3)C2c2cccnc2)cc1C(C)(C)C. The summed E-state index contributed by atoms with van der Waals surface area (Å²) in [4.78, 5) is 32.2. The normalized spacial score (nSPS) is 17.3. The van der Waals surface area contributed by atoms with Gasteiger partial charge in [0.05, 0.1) is 18.2 Å². The third kappa shape index (κ3) is 5.40. The summed E-state index contributed by atoms with van der Waals surface area (Å²) in [6.07, 6.45) is 3.62. The fourth-order valence-corrected chi connectivity index (χ4v) is 4.60. The summed E-state index contributed by atoms with van der Waals surface area (Å²) < 4.78 is 19.1. The van der Waals surface area contributed by atoms with Gasteiger partial charge >= 0.3 is 0 Å². The molecule has 1 aliphatic heterocycles. The molecule has 1 N–H and O–H groups in total. The molecule has 0 bridgehead atoms. The van der Waals surface area contributed by atoms with Gasteiger partial charge in [0.2, 0.25) is 0 Å².